The predicted octanol–water partition coefficient (Wildman–Crippen LogP) is 4.19. The number of hydrogen-bond donors (Lipinski definition) is 0. The van der Waals surface area contributed by atoms with E-state index in [4.69, 9.17) is 5.26 Å². The van der Waals surface area contributed by atoms with Crippen molar-refractivity contribution in [3.63, 3.8) is 0 Å². The SMILES string of the molecule is N#Cc1cccc(N2CCN(C(=O)c3cc4n(c3-c3ccccc3)CSC4)CC2)c1. The second kappa shape index (κ2) is 7.92. The minimum Gasteiger partial charge on any atom is -0.368 e. The van der Waals surface area contributed by atoms with Gasteiger partial charge in [0.2, 0.25) is 0 Å². The minimum atomic E-state index is 0.117. The van der Waals surface area contributed by atoms with Crippen LogP contribution in [0.5, 0.6) is 0 Å². The first kappa shape index (κ1) is 18.8. The topological polar surface area (TPSA) is 52.3 Å². The van der Waals surface area contributed by atoms with Gasteiger partial charge in [-0.3, -0.25) is 4.79 Å². The molecule has 1 fully saturated rings. The molecule has 0 aliphatic carbocycles. The molecule has 5 nitrogen and oxygen atoms in total. The first-order valence-electron chi connectivity index (χ1n) is 10.1. The fraction of sp³-hybridized carbons (Fsp3) is 0.250. The average Bonchev–Trinajstić information content (AvgIpc) is 3.41. The summed E-state index contributed by atoms with van der Waals surface area (Å²) in [5, 5.41) is 9.15. The first-order valence-corrected chi connectivity index (χ1v) is 11.3. The number of aromatic nitrogens is 1. The van der Waals surface area contributed by atoms with Gasteiger partial charge in [0.25, 0.3) is 5.91 Å². The Bertz CT molecular complexity index is 1120. The van der Waals surface area contributed by atoms with Crippen molar-refractivity contribution in [3.8, 4) is 17.3 Å². The maximum absolute atomic E-state index is 13.5. The number of carbonyl (C=O) groups is 1. The summed E-state index contributed by atoms with van der Waals surface area (Å²) in [6, 6.07) is 22.2. The maximum Gasteiger partial charge on any atom is 0.256 e. The number of benzene rings is 2. The molecule has 0 N–H and O–H groups in total. The Morgan fingerprint density at radius 2 is 1.77 bits per heavy atom. The van der Waals surface area contributed by atoms with Crippen LogP contribution in [-0.2, 0) is 11.6 Å². The summed E-state index contributed by atoms with van der Waals surface area (Å²) in [7, 11) is 0. The van der Waals surface area contributed by atoms with Crippen molar-refractivity contribution >= 4 is 23.4 Å². The number of amides is 1. The third-order valence-corrected chi connectivity index (χ3v) is 6.78. The minimum absolute atomic E-state index is 0.117. The molecule has 1 aromatic heterocycles. The van der Waals surface area contributed by atoms with E-state index in [2.05, 4.69) is 33.7 Å². The van der Waals surface area contributed by atoms with Gasteiger partial charge in [-0.2, -0.15) is 5.26 Å². The molecule has 5 rings (SSSR count). The molecular formula is C24H22N4OS. The lowest BCUT2D eigenvalue weighted by atomic mass is 10.1. The molecular weight excluding hydrogens is 392 g/mol. The molecule has 0 atom stereocenters. The Balaban J connectivity index is 1.37. The normalized spacial score (nSPS) is 15.7. The van der Waals surface area contributed by atoms with Gasteiger partial charge in [-0.05, 0) is 29.8 Å². The summed E-state index contributed by atoms with van der Waals surface area (Å²) < 4.78 is 2.29. The fourth-order valence-corrected chi connectivity index (χ4v) is 5.31. The van der Waals surface area contributed by atoms with Crippen molar-refractivity contribution in [1.82, 2.24) is 9.47 Å². The van der Waals surface area contributed by atoms with Gasteiger partial charge in [0, 0.05) is 43.3 Å². The summed E-state index contributed by atoms with van der Waals surface area (Å²) >= 11 is 1.88. The summed E-state index contributed by atoms with van der Waals surface area (Å²) in [4.78, 5) is 17.7. The summed E-state index contributed by atoms with van der Waals surface area (Å²) in [5.41, 5.74) is 5.91. The van der Waals surface area contributed by atoms with E-state index in [1.807, 2.05) is 59.1 Å². The number of nitriles is 1. The molecule has 0 radical (unpaired) electrons. The number of rotatable bonds is 3. The fourth-order valence-electron chi connectivity index (χ4n) is 4.29. The maximum atomic E-state index is 13.5. The van der Waals surface area contributed by atoms with E-state index in [0.717, 1.165) is 47.2 Å². The Labute approximate surface area is 180 Å². The Morgan fingerprint density at radius 1 is 0.967 bits per heavy atom. The molecule has 0 unspecified atom stereocenters. The van der Waals surface area contributed by atoms with Crippen LogP contribution in [-0.4, -0.2) is 41.6 Å². The molecule has 0 spiro atoms. The number of fused-ring (bicyclic) bond motifs is 1. The molecule has 0 bridgehead atoms. The Kier molecular flexibility index (Phi) is 4.97. The quantitative estimate of drug-likeness (QED) is 0.645. The zero-order valence-electron chi connectivity index (χ0n) is 16.6. The van der Waals surface area contributed by atoms with Gasteiger partial charge >= 0.3 is 0 Å². The van der Waals surface area contributed by atoms with Crippen molar-refractivity contribution < 1.29 is 4.79 Å². The largest absolute Gasteiger partial charge is 0.368 e. The van der Waals surface area contributed by atoms with Gasteiger partial charge in [-0.1, -0.05) is 36.4 Å². The third kappa shape index (κ3) is 3.35. The van der Waals surface area contributed by atoms with E-state index in [1.54, 1.807) is 0 Å². The zero-order chi connectivity index (χ0) is 20.5. The lowest BCUT2D eigenvalue weighted by Crippen LogP contribution is -2.48. The number of piperazine rings is 1. The van der Waals surface area contributed by atoms with Gasteiger partial charge in [-0.15, -0.1) is 11.8 Å². The van der Waals surface area contributed by atoms with Gasteiger partial charge in [0.15, 0.2) is 0 Å². The van der Waals surface area contributed by atoms with Gasteiger partial charge in [-0.25, -0.2) is 0 Å². The van der Waals surface area contributed by atoms with E-state index < -0.39 is 0 Å². The molecule has 2 aromatic carbocycles. The van der Waals surface area contributed by atoms with Gasteiger partial charge < -0.3 is 14.4 Å². The standard InChI is InChI=1S/C24H22N4OS/c25-15-18-5-4-8-20(13-18)26-9-11-27(12-10-26)24(29)22-14-21-16-30-17-28(21)23(22)19-6-2-1-3-7-19/h1-8,13-14H,9-12,16-17H2. The molecule has 0 saturated carbocycles. The lowest BCUT2D eigenvalue weighted by Gasteiger charge is -2.36. The monoisotopic (exact) mass is 414 g/mol. The van der Waals surface area contributed by atoms with E-state index in [1.165, 1.54) is 5.69 Å². The summed E-state index contributed by atoms with van der Waals surface area (Å²) in [6.45, 7) is 2.90. The number of anilines is 1. The molecule has 6 heteroatoms. The number of carbonyl (C=O) groups excluding carboxylic acids is 1. The third-order valence-electron chi connectivity index (χ3n) is 5.84. The lowest BCUT2D eigenvalue weighted by molar-refractivity contribution is 0.0747. The van der Waals surface area contributed by atoms with Crippen molar-refractivity contribution in [2.24, 2.45) is 0 Å². The molecule has 3 aromatic rings. The van der Waals surface area contributed by atoms with Crippen LogP contribution in [0.2, 0.25) is 0 Å². The second-order valence-corrected chi connectivity index (χ2v) is 8.57. The highest BCUT2D eigenvalue weighted by Gasteiger charge is 2.29. The van der Waals surface area contributed by atoms with E-state index in [0.29, 0.717) is 18.7 Å². The molecule has 2 aliphatic rings. The molecule has 1 amide bonds. The number of nitrogens with zero attached hydrogens (tertiary/aromatic N) is 4. The molecule has 1 saturated heterocycles. The van der Waals surface area contributed by atoms with Gasteiger partial charge in [0.05, 0.1) is 28.8 Å². The zero-order valence-corrected chi connectivity index (χ0v) is 17.4. The van der Waals surface area contributed by atoms with Gasteiger partial charge in [0.1, 0.15) is 0 Å². The van der Waals surface area contributed by atoms with Crippen LogP contribution in [0.1, 0.15) is 21.6 Å². The number of hydrogen-bond acceptors (Lipinski definition) is 4. The number of thioether (sulfide) groups is 1. The molecule has 30 heavy (non-hydrogen) atoms. The van der Waals surface area contributed by atoms with Crippen LogP contribution < -0.4 is 4.90 Å². The predicted molar refractivity (Wildman–Crippen MR) is 120 cm³/mol. The van der Waals surface area contributed by atoms with Crippen molar-refractivity contribution in [1.29, 1.82) is 5.26 Å². The molecule has 2 aliphatic heterocycles. The van der Waals surface area contributed by atoms with E-state index >= 15 is 0 Å². The highest BCUT2D eigenvalue weighted by atomic mass is 32.2. The van der Waals surface area contributed by atoms with Crippen LogP contribution in [0.15, 0.2) is 60.7 Å². The average molecular weight is 415 g/mol. The van der Waals surface area contributed by atoms with Crippen molar-refractivity contribution in [3.05, 3.63) is 77.5 Å². The van der Waals surface area contributed by atoms with E-state index in [-0.39, 0.29) is 5.91 Å². The highest BCUT2D eigenvalue weighted by Crippen LogP contribution is 2.36. The van der Waals surface area contributed by atoms with Crippen LogP contribution in [0.3, 0.4) is 0 Å². The summed E-state index contributed by atoms with van der Waals surface area (Å²) in [5.74, 6) is 1.97. The summed E-state index contributed by atoms with van der Waals surface area (Å²) in [6.07, 6.45) is 0. The van der Waals surface area contributed by atoms with Crippen LogP contribution in [0, 0.1) is 11.3 Å². The van der Waals surface area contributed by atoms with Crippen molar-refractivity contribution in [2.75, 3.05) is 31.1 Å². The highest BCUT2D eigenvalue weighted by molar-refractivity contribution is 7.97. The molecule has 3 heterocycles. The second-order valence-electron chi connectivity index (χ2n) is 7.61. The van der Waals surface area contributed by atoms with Crippen LogP contribution in [0.25, 0.3) is 11.3 Å². The van der Waals surface area contributed by atoms with Crippen LogP contribution in [0.4, 0.5) is 5.69 Å². The Hall–Kier alpha value is -3.17. The first-order chi connectivity index (χ1) is 14.7. The smallest absolute Gasteiger partial charge is 0.256 e. The Morgan fingerprint density at radius 3 is 2.53 bits per heavy atom. The van der Waals surface area contributed by atoms with E-state index in [9.17, 15) is 4.79 Å². The van der Waals surface area contributed by atoms with Crippen molar-refractivity contribution in [2.45, 2.75) is 11.6 Å². The molecule has 150 valence electrons. The van der Waals surface area contributed by atoms with Crippen LogP contribution >= 0.6 is 11.8 Å².